The van der Waals surface area contributed by atoms with E-state index in [9.17, 15) is 14.9 Å². The molecule has 0 radical (unpaired) electrons. The fraction of sp³-hybridized carbons (Fsp3) is 0.500. The Bertz CT molecular complexity index is 417. The van der Waals surface area contributed by atoms with Crippen molar-refractivity contribution < 1.29 is 9.72 Å². The van der Waals surface area contributed by atoms with Crippen LogP contribution in [0.3, 0.4) is 0 Å². The highest BCUT2D eigenvalue weighted by molar-refractivity contribution is 6.20. The zero-order valence-corrected chi connectivity index (χ0v) is 10.3. The van der Waals surface area contributed by atoms with Crippen molar-refractivity contribution in [2.24, 2.45) is 0 Å². The molecule has 1 aromatic rings. The quantitative estimate of drug-likeness (QED) is 0.482. The van der Waals surface area contributed by atoms with Crippen molar-refractivity contribution in [3.63, 3.8) is 0 Å². The Morgan fingerprint density at radius 2 is 2.24 bits per heavy atom. The fourth-order valence-electron chi connectivity index (χ4n) is 1.47. The monoisotopic (exact) mass is 259 g/mol. The molecule has 0 spiro atoms. The fourth-order valence-corrected chi connectivity index (χ4v) is 1.74. The van der Waals surface area contributed by atoms with Gasteiger partial charge in [0.1, 0.15) is 0 Å². The van der Waals surface area contributed by atoms with Crippen LogP contribution < -0.4 is 5.32 Å². The molecule has 1 aromatic heterocycles. The first-order valence-corrected chi connectivity index (χ1v) is 5.62. The van der Waals surface area contributed by atoms with Gasteiger partial charge in [-0.15, -0.1) is 11.6 Å². The maximum absolute atomic E-state index is 11.7. The number of amides is 1. The number of nitrogens with one attached hydrogen (secondary N) is 2. The third-order valence-corrected chi connectivity index (χ3v) is 2.35. The van der Waals surface area contributed by atoms with Crippen LogP contribution >= 0.6 is 11.6 Å². The van der Waals surface area contributed by atoms with Gasteiger partial charge in [0, 0.05) is 17.5 Å². The van der Waals surface area contributed by atoms with Crippen LogP contribution in [-0.4, -0.2) is 27.2 Å². The predicted octanol–water partition coefficient (Wildman–Crippen LogP) is 2.06. The number of nitro groups is 1. The molecule has 2 atom stereocenters. The van der Waals surface area contributed by atoms with Gasteiger partial charge in [0.2, 0.25) is 0 Å². The van der Waals surface area contributed by atoms with Crippen LogP contribution in [0, 0.1) is 10.1 Å². The number of nitrogens with zero attached hydrogens (tertiary/aromatic N) is 1. The summed E-state index contributed by atoms with van der Waals surface area (Å²) in [5.74, 6) is -0.573. The Hall–Kier alpha value is -1.56. The summed E-state index contributed by atoms with van der Waals surface area (Å²) in [5, 5.41) is 13.1. The Morgan fingerprint density at radius 3 is 2.71 bits per heavy atom. The highest BCUT2D eigenvalue weighted by Gasteiger charge is 2.17. The summed E-state index contributed by atoms with van der Waals surface area (Å²) in [6.45, 7) is 3.66. The molecule has 0 bridgehead atoms. The molecular weight excluding hydrogens is 246 g/mol. The summed E-state index contributed by atoms with van der Waals surface area (Å²) in [5.41, 5.74) is 0.172. The lowest BCUT2D eigenvalue weighted by Crippen LogP contribution is -2.34. The minimum Gasteiger partial charge on any atom is -0.358 e. The molecule has 1 amide bonds. The summed E-state index contributed by atoms with van der Waals surface area (Å²) in [4.78, 5) is 23.9. The van der Waals surface area contributed by atoms with Crippen molar-refractivity contribution in [1.29, 1.82) is 0 Å². The molecule has 0 saturated heterocycles. The molecule has 7 heteroatoms. The normalized spacial score (nSPS) is 14.1. The van der Waals surface area contributed by atoms with E-state index in [0.717, 1.165) is 0 Å². The van der Waals surface area contributed by atoms with E-state index >= 15 is 0 Å². The largest absolute Gasteiger partial charge is 0.358 e. The van der Waals surface area contributed by atoms with E-state index in [2.05, 4.69) is 10.3 Å². The van der Waals surface area contributed by atoms with Gasteiger partial charge in [0.05, 0.1) is 0 Å². The van der Waals surface area contributed by atoms with Gasteiger partial charge in [-0.25, -0.2) is 4.98 Å². The molecule has 1 heterocycles. The van der Waals surface area contributed by atoms with E-state index in [1.807, 2.05) is 13.8 Å². The molecule has 17 heavy (non-hydrogen) atoms. The van der Waals surface area contributed by atoms with Gasteiger partial charge in [0.25, 0.3) is 5.91 Å². The van der Waals surface area contributed by atoms with Crippen molar-refractivity contribution in [2.75, 3.05) is 0 Å². The number of carbonyl (C=O) groups excluding carboxylic acids is 1. The Morgan fingerprint density at radius 1 is 1.59 bits per heavy atom. The minimum atomic E-state index is -0.582. The van der Waals surface area contributed by atoms with Gasteiger partial charge in [0.15, 0.2) is 5.69 Å². The second kappa shape index (κ2) is 5.67. The third-order valence-electron chi connectivity index (χ3n) is 2.17. The average Bonchev–Trinajstić information content (AvgIpc) is 2.64. The van der Waals surface area contributed by atoms with Crippen molar-refractivity contribution >= 4 is 23.3 Å². The summed E-state index contributed by atoms with van der Waals surface area (Å²) in [6.07, 6.45) is 0.635. The summed E-state index contributed by atoms with van der Waals surface area (Å²) in [7, 11) is 0. The topological polar surface area (TPSA) is 88.0 Å². The zero-order chi connectivity index (χ0) is 13.0. The van der Waals surface area contributed by atoms with Gasteiger partial charge < -0.3 is 15.4 Å². The molecule has 0 aliphatic carbocycles. The number of carbonyl (C=O) groups is 1. The SMILES string of the molecule is CC(Cl)CC(C)NC(=O)c1ccc([N+](=O)[O-])[nH]1. The number of rotatable bonds is 5. The molecule has 0 aliphatic heterocycles. The molecule has 0 fully saturated rings. The van der Waals surface area contributed by atoms with E-state index in [4.69, 9.17) is 11.6 Å². The van der Waals surface area contributed by atoms with Crippen LogP contribution in [-0.2, 0) is 0 Å². The molecule has 6 nitrogen and oxygen atoms in total. The number of H-pyrrole nitrogens is 1. The highest BCUT2D eigenvalue weighted by atomic mass is 35.5. The minimum absolute atomic E-state index is 0.0386. The van der Waals surface area contributed by atoms with Crippen molar-refractivity contribution in [3.8, 4) is 0 Å². The second-order valence-corrected chi connectivity index (χ2v) is 4.65. The highest BCUT2D eigenvalue weighted by Crippen LogP contribution is 2.10. The van der Waals surface area contributed by atoms with Crippen LogP contribution in [0.2, 0.25) is 0 Å². The lowest BCUT2D eigenvalue weighted by molar-refractivity contribution is -0.389. The first-order chi connectivity index (χ1) is 7.90. The Kier molecular flexibility index (Phi) is 4.51. The van der Waals surface area contributed by atoms with E-state index < -0.39 is 4.92 Å². The number of aromatic nitrogens is 1. The molecule has 1 rings (SSSR count). The van der Waals surface area contributed by atoms with Gasteiger partial charge in [-0.2, -0.15) is 0 Å². The van der Waals surface area contributed by atoms with E-state index in [-0.39, 0.29) is 28.8 Å². The first kappa shape index (κ1) is 13.5. The molecule has 0 aromatic carbocycles. The number of hydrogen-bond acceptors (Lipinski definition) is 3. The van der Waals surface area contributed by atoms with Gasteiger partial charge in [-0.1, -0.05) is 0 Å². The van der Waals surface area contributed by atoms with Gasteiger partial charge >= 0.3 is 5.82 Å². The summed E-state index contributed by atoms with van der Waals surface area (Å²) < 4.78 is 0. The van der Waals surface area contributed by atoms with Gasteiger partial charge in [-0.3, -0.25) is 4.79 Å². The van der Waals surface area contributed by atoms with Crippen LogP contribution in [0.25, 0.3) is 0 Å². The lowest BCUT2D eigenvalue weighted by atomic mass is 10.2. The Balaban J connectivity index is 2.60. The summed E-state index contributed by atoms with van der Waals surface area (Å²) >= 11 is 5.80. The van der Waals surface area contributed by atoms with Gasteiger partial charge in [-0.05, 0) is 31.3 Å². The molecule has 2 unspecified atom stereocenters. The summed E-state index contributed by atoms with van der Waals surface area (Å²) in [6, 6.07) is 2.55. The predicted molar refractivity (Wildman–Crippen MR) is 64.3 cm³/mol. The van der Waals surface area contributed by atoms with Crippen LogP contribution in [0.5, 0.6) is 0 Å². The Labute approximate surface area is 103 Å². The molecule has 94 valence electrons. The first-order valence-electron chi connectivity index (χ1n) is 5.18. The smallest absolute Gasteiger partial charge is 0.321 e. The number of hydrogen-bond donors (Lipinski definition) is 2. The maximum atomic E-state index is 11.7. The molecular formula is C10H14ClN3O3. The number of alkyl halides is 1. The molecule has 0 aliphatic rings. The van der Waals surface area contributed by atoms with Crippen molar-refractivity contribution in [3.05, 3.63) is 27.9 Å². The van der Waals surface area contributed by atoms with Crippen molar-refractivity contribution in [2.45, 2.75) is 31.7 Å². The maximum Gasteiger partial charge on any atom is 0.321 e. The van der Waals surface area contributed by atoms with Crippen molar-refractivity contribution in [1.82, 2.24) is 10.3 Å². The average molecular weight is 260 g/mol. The lowest BCUT2D eigenvalue weighted by Gasteiger charge is -2.13. The zero-order valence-electron chi connectivity index (χ0n) is 9.57. The third kappa shape index (κ3) is 4.07. The van der Waals surface area contributed by atoms with E-state index in [1.165, 1.54) is 12.1 Å². The van der Waals surface area contributed by atoms with Crippen LogP contribution in [0.4, 0.5) is 5.82 Å². The number of aromatic amines is 1. The van der Waals surface area contributed by atoms with Crippen LogP contribution in [0.15, 0.2) is 12.1 Å². The molecule has 2 N–H and O–H groups in total. The standard InChI is InChI=1S/C10H14ClN3O3/c1-6(11)5-7(2)12-10(15)8-3-4-9(13-8)14(16)17/h3-4,6-7,13H,5H2,1-2H3,(H,12,15). The van der Waals surface area contributed by atoms with E-state index in [1.54, 1.807) is 0 Å². The number of halogens is 1. The van der Waals surface area contributed by atoms with Crippen LogP contribution in [0.1, 0.15) is 30.8 Å². The molecule has 0 saturated carbocycles. The second-order valence-electron chi connectivity index (χ2n) is 3.91. The van der Waals surface area contributed by atoms with E-state index in [0.29, 0.717) is 6.42 Å².